The van der Waals surface area contributed by atoms with Crippen LogP contribution in [0.1, 0.15) is 15.9 Å². The molecule has 0 saturated heterocycles. The van der Waals surface area contributed by atoms with Crippen molar-refractivity contribution in [1.29, 1.82) is 0 Å². The van der Waals surface area contributed by atoms with Crippen LogP contribution in [0, 0.1) is 0 Å². The number of carbonyl (C=O) groups is 1. The van der Waals surface area contributed by atoms with Crippen LogP contribution in [0.3, 0.4) is 0 Å². The van der Waals surface area contributed by atoms with E-state index in [1.807, 2.05) is 0 Å². The monoisotopic (exact) mass is 377 g/mol. The van der Waals surface area contributed by atoms with Crippen LogP contribution in [-0.2, 0) is 10.1 Å². The zero-order valence-corrected chi connectivity index (χ0v) is 16.5. The summed E-state index contributed by atoms with van der Waals surface area (Å²) in [5.74, 6) is -1.85. The Morgan fingerprint density at radius 2 is 1.56 bits per heavy atom. The molecular weight excluding hydrogens is 363 g/mol. The number of aromatic hydroxyl groups is 2. The fourth-order valence-corrected chi connectivity index (χ4v) is 2.73. The van der Waals surface area contributed by atoms with Gasteiger partial charge in [-0.2, -0.15) is 8.42 Å². The standard InChI is InChI=1S/C15H14O8S.Na/c1-22-8-3-4-9(11(16)5-8)15(18)10-6-14(24(19,20)21)13(23-2)7-12(10)17;/h3-7,16-17H,1-2H3,(H,19,20,21);. The largest absolute Gasteiger partial charge is 0.507 e. The predicted octanol–water partition coefficient (Wildman–Crippen LogP) is 1.21. The van der Waals surface area contributed by atoms with Crippen LogP contribution in [0.2, 0.25) is 0 Å². The molecule has 0 aliphatic rings. The summed E-state index contributed by atoms with van der Waals surface area (Å²) in [6, 6.07) is 5.52. The molecule has 1 radical (unpaired) electrons. The van der Waals surface area contributed by atoms with E-state index in [9.17, 15) is 28.0 Å². The van der Waals surface area contributed by atoms with Crippen LogP contribution in [-0.4, -0.2) is 72.7 Å². The normalized spacial score (nSPS) is 10.7. The van der Waals surface area contributed by atoms with Crippen molar-refractivity contribution in [3.05, 3.63) is 41.5 Å². The van der Waals surface area contributed by atoms with E-state index in [2.05, 4.69) is 0 Å². The van der Waals surface area contributed by atoms with E-state index in [0.29, 0.717) is 5.75 Å². The molecule has 0 aromatic heterocycles. The summed E-state index contributed by atoms with van der Waals surface area (Å²) >= 11 is 0. The number of rotatable bonds is 5. The molecular formula is C15H14NaO8S. The molecule has 0 heterocycles. The molecule has 0 spiro atoms. The average molecular weight is 377 g/mol. The van der Waals surface area contributed by atoms with E-state index in [0.717, 1.165) is 19.2 Å². The summed E-state index contributed by atoms with van der Waals surface area (Å²) in [6.07, 6.45) is 0. The van der Waals surface area contributed by atoms with Gasteiger partial charge in [0.1, 0.15) is 27.9 Å². The van der Waals surface area contributed by atoms with Crippen LogP contribution in [0.4, 0.5) is 0 Å². The Hall–Kier alpha value is -1.78. The molecule has 10 heteroatoms. The van der Waals surface area contributed by atoms with Gasteiger partial charge in [0.25, 0.3) is 10.1 Å². The Bertz CT molecular complexity index is 908. The maximum Gasteiger partial charge on any atom is 0.298 e. The molecule has 2 aromatic rings. The number of hydrogen-bond acceptors (Lipinski definition) is 7. The molecule has 2 rings (SSSR count). The summed E-state index contributed by atoms with van der Waals surface area (Å²) < 4.78 is 41.7. The van der Waals surface area contributed by atoms with Gasteiger partial charge >= 0.3 is 0 Å². The number of benzene rings is 2. The van der Waals surface area contributed by atoms with Crippen LogP contribution in [0.25, 0.3) is 0 Å². The van der Waals surface area contributed by atoms with E-state index >= 15 is 0 Å². The van der Waals surface area contributed by atoms with Gasteiger partial charge in [0.15, 0.2) is 0 Å². The van der Waals surface area contributed by atoms with Gasteiger partial charge in [-0.25, -0.2) is 0 Å². The van der Waals surface area contributed by atoms with Crippen molar-refractivity contribution in [2.24, 2.45) is 0 Å². The number of ketones is 1. The van der Waals surface area contributed by atoms with Gasteiger partial charge in [-0.15, -0.1) is 0 Å². The SMILES string of the molecule is COc1ccc(C(=O)c2cc(S(=O)(=O)O)c(OC)cc2O)c(O)c1.[Na]. The fourth-order valence-electron chi connectivity index (χ4n) is 2.07. The summed E-state index contributed by atoms with van der Waals surface area (Å²) in [5, 5.41) is 19.9. The number of hydrogen-bond donors (Lipinski definition) is 3. The zero-order valence-electron chi connectivity index (χ0n) is 13.7. The number of ether oxygens (including phenoxy) is 2. The molecule has 0 aliphatic carbocycles. The summed E-state index contributed by atoms with van der Waals surface area (Å²) in [5.41, 5.74) is -0.610. The van der Waals surface area contributed by atoms with Crippen molar-refractivity contribution in [1.82, 2.24) is 0 Å². The van der Waals surface area contributed by atoms with Crippen molar-refractivity contribution in [2.45, 2.75) is 4.90 Å². The molecule has 0 unspecified atom stereocenters. The average Bonchev–Trinajstić information content (AvgIpc) is 2.52. The zero-order chi connectivity index (χ0) is 18.1. The second kappa shape index (κ2) is 8.07. The minimum atomic E-state index is -4.69. The smallest absolute Gasteiger partial charge is 0.298 e. The Morgan fingerprint density at radius 3 is 2.04 bits per heavy atom. The topological polar surface area (TPSA) is 130 Å². The summed E-state index contributed by atoms with van der Waals surface area (Å²) in [6.45, 7) is 0. The predicted molar refractivity (Wildman–Crippen MR) is 88.3 cm³/mol. The van der Waals surface area contributed by atoms with E-state index in [4.69, 9.17) is 9.47 Å². The summed E-state index contributed by atoms with van der Waals surface area (Å²) in [7, 11) is -2.17. The third kappa shape index (κ3) is 4.44. The van der Waals surface area contributed by atoms with E-state index in [1.165, 1.54) is 25.3 Å². The van der Waals surface area contributed by atoms with Crippen LogP contribution in [0.15, 0.2) is 35.2 Å². The van der Waals surface area contributed by atoms with Crippen molar-refractivity contribution >= 4 is 45.5 Å². The number of phenols is 2. The Balaban J connectivity index is 0.00000312. The molecule has 0 atom stereocenters. The third-order valence-corrected chi connectivity index (χ3v) is 4.13. The van der Waals surface area contributed by atoms with Crippen LogP contribution < -0.4 is 9.47 Å². The number of methoxy groups -OCH3 is 2. The van der Waals surface area contributed by atoms with E-state index < -0.39 is 37.9 Å². The second-order valence-electron chi connectivity index (χ2n) is 4.71. The first-order valence-corrected chi connectivity index (χ1v) is 7.93. The maximum atomic E-state index is 12.5. The third-order valence-electron chi connectivity index (χ3n) is 3.25. The number of phenolic OH excluding ortho intramolecular Hbond substituents is 2. The fraction of sp³-hybridized carbons (Fsp3) is 0.133. The van der Waals surface area contributed by atoms with Crippen molar-refractivity contribution in [3.63, 3.8) is 0 Å². The second-order valence-corrected chi connectivity index (χ2v) is 6.10. The molecule has 0 aliphatic heterocycles. The van der Waals surface area contributed by atoms with Gasteiger partial charge < -0.3 is 19.7 Å². The molecule has 3 N–H and O–H groups in total. The van der Waals surface area contributed by atoms with Crippen LogP contribution in [0.5, 0.6) is 23.0 Å². The quantitative estimate of drug-likeness (QED) is 0.403. The number of carbonyl (C=O) groups excluding carboxylic acids is 1. The molecule has 0 bridgehead atoms. The minimum Gasteiger partial charge on any atom is -0.507 e. The summed E-state index contributed by atoms with van der Waals surface area (Å²) in [4.78, 5) is 11.8. The van der Waals surface area contributed by atoms with Gasteiger partial charge in [-0.05, 0) is 18.2 Å². The van der Waals surface area contributed by atoms with Gasteiger partial charge in [-0.1, -0.05) is 0 Å². The van der Waals surface area contributed by atoms with Gasteiger partial charge in [0.2, 0.25) is 5.78 Å². The molecule has 8 nitrogen and oxygen atoms in total. The Labute approximate surface area is 166 Å². The maximum absolute atomic E-state index is 12.5. The van der Waals surface area contributed by atoms with Gasteiger partial charge in [0.05, 0.1) is 25.3 Å². The van der Waals surface area contributed by atoms with Gasteiger partial charge in [0, 0.05) is 41.7 Å². The molecule has 2 aromatic carbocycles. The van der Waals surface area contributed by atoms with Crippen molar-refractivity contribution in [3.8, 4) is 23.0 Å². The van der Waals surface area contributed by atoms with Crippen LogP contribution >= 0.6 is 0 Å². The molecule has 0 amide bonds. The van der Waals surface area contributed by atoms with E-state index in [1.54, 1.807) is 0 Å². The molecule has 0 saturated carbocycles. The first kappa shape index (κ1) is 21.3. The first-order chi connectivity index (χ1) is 11.2. The Kier molecular flexibility index (Phi) is 6.86. The van der Waals surface area contributed by atoms with E-state index in [-0.39, 0.29) is 40.9 Å². The molecule has 0 fully saturated rings. The first-order valence-electron chi connectivity index (χ1n) is 6.49. The van der Waals surface area contributed by atoms with Crippen molar-refractivity contribution < 1.29 is 37.5 Å². The molecule has 25 heavy (non-hydrogen) atoms. The van der Waals surface area contributed by atoms with Crippen molar-refractivity contribution in [2.75, 3.05) is 14.2 Å². The van der Waals surface area contributed by atoms with Gasteiger partial charge in [-0.3, -0.25) is 9.35 Å². The Morgan fingerprint density at radius 1 is 0.960 bits per heavy atom. The molecule has 129 valence electrons. The minimum absolute atomic E-state index is 0.